The Balaban J connectivity index is 1.52. The normalized spacial score (nSPS) is 29.9. The maximum atomic E-state index is 12.6. The number of nitrogens with zero attached hydrogens (tertiary/aromatic N) is 2. The minimum Gasteiger partial charge on any atom is -0.351 e. The quantitative estimate of drug-likeness (QED) is 0.935. The summed E-state index contributed by atoms with van der Waals surface area (Å²) in [6.45, 7) is 6.98. The average Bonchev–Trinajstić information content (AvgIpc) is 2.91. The summed E-state index contributed by atoms with van der Waals surface area (Å²) < 4.78 is 1.40. The Morgan fingerprint density at radius 2 is 2.08 bits per heavy atom. The fourth-order valence-electron chi connectivity index (χ4n) is 5.04. The Morgan fingerprint density at radius 3 is 2.76 bits per heavy atom. The molecule has 0 aliphatic heterocycles. The van der Waals surface area contributed by atoms with Crippen LogP contribution in [0.1, 0.15) is 40.0 Å². The zero-order valence-electron chi connectivity index (χ0n) is 15.1. The van der Waals surface area contributed by atoms with Gasteiger partial charge in [-0.05, 0) is 48.1 Å². The molecule has 1 aromatic carbocycles. The van der Waals surface area contributed by atoms with Gasteiger partial charge in [0.2, 0.25) is 5.91 Å². The first-order valence-electron chi connectivity index (χ1n) is 9.06. The summed E-state index contributed by atoms with van der Waals surface area (Å²) in [5.74, 6) is 0.571. The first-order valence-corrected chi connectivity index (χ1v) is 9.06. The summed E-state index contributed by atoms with van der Waals surface area (Å²) in [7, 11) is 0. The number of hydrogen-bond acceptors (Lipinski definition) is 3. The summed E-state index contributed by atoms with van der Waals surface area (Å²) in [4.78, 5) is 29.4. The predicted molar refractivity (Wildman–Crippen MR) is 97.2 cm³/mol. The van der Waals surface area contributed by atoms with E-state index in [1.165, 1.54) is 17.3 Å². The Hall–Kier alpha value is -2.17. The van der Waals surface area contributed by atoms with Crippen LogP contribution < -0.4 is 10.9 Å². The van der Waals surface area contributed by atoms with E-state index in [-0.39, 0.29) is 34.9 Å². The number of amides is 1. The van der Waals surface area contributed by atoms with Crippen molar-refractivity contribution in [1.82, 2.24) is 14.9 Å². The number of benzene rings is 1. The molecule has 5 heteroatoms. The van der Waals surface area contributed by atoms with Crippen LogP contribution in [0.5, 0.6) is 0 Å². The number of fused-ring (bicyclic) bond motifs is 3. The Kier molecular flexibility index (Phi) is 3.53. The molecule has 1 heterocycles. The van der Waals surface area contributed by atoms with Crippen LogP contribution in [0.3, 0.4) is 0 Å². The summed E-state index contributed by atoms with van der Waals surface area (Å²) in [6, 6.07) is 7.41. The third kappa shape index (κ3) is 2.32. The van der Waals surface area contributed by atoms with Crippen LogP contribution >= 0.6 is 0 Å². The molecule has 132 valence electrons. The van der Waals surface area contributed by atoms with E-state index in [1.807, 2.05) is 12.1 Å². The van der Waals surface area contributed by atoms with Crippen LogP contribution in [0.4, 0.5) is 0 Å². The van der Waals surface area contributed by atoms with E-state index in [2.05, 4.69) is 31.1 Å². The molecule has 2 saturated carbocycles. The van der Waals surface area contributed by atoms with Gasteiger partial charge in [0.1, 0.15) is 6.54 Å². The summed E-state index contributed by atoms with van der Waals surface area (Å²) in [5, 5.41) is 3.75. The zero-order valence-corrected chi connectivity index (χ0v) is 15.1. The van der Waals surface area contributed by atoms with Crippen molar-refractivity contribution in [1.29, 1.82) is 0 Å². The summed E-state index contributed by atoms with van der Waals surface area (Å²) >= 11 is 0. The molecule has 2 fully saturated rings. The third-order valence-electron chi connectivity index (χ3n) is 7.17. The topological polar surface area (TPSA) is 64.0 Å². The van der Waals surface area contributed by atoms with Crippen LogP contribution in [0.25, 0.3) is 10.9 Å². The second-order valence-electron chi connectivity index (χ2n) is 8.43. The van der Waals surface area contributed by atoms with E-state index in [4.69, 9.17) is 0 Å². The number of carbonyl (C=O) groups excluding carboxylic acids is 1. The SMILES string of the molecule is CC1(C)C2CCC1(C)C(NC(=O)Cn1cnc3ccccc3c1=O)C2. The molecular weight excluding hydrogens is 314 g/mol. The molecular formula is C20H25N3O2. The van der Waals surface area contributed by atoms with Gasteiger partial charge in [0, 0.05) is 6.04 Å². The van der Waals surface area contributed by atoms with E-state index in [1.54, 1.807) is 12.1 Å². The van der Waals surface area contributed by atoms with Gasteiger partial charge in [0.05, 0.1) is 17.2 Å². The van der Waals surface area contributed by atoms with Gasteiger partial charge in [0.25, 0.3) is 5.56 Å². The summed E-state index contributed by atoms with van der Waals surface area (Å²) in [6.07, 6.45) is 4.92. The number of carbonyl (C=O) groups is 1. The van der Waals surface area contributed by atoms with Crippen LogP contribution in [0.15, 0.2) is 35.4 Å². The van der Waals surface area contributed by atoms with Crippen LogP contribution in [0.2, 0.25) is 0 Å². The van der Waals surface area contributed by atoms with Gasteiger partial charge in [-0.3, -0.25) is 14.2 Å². The lowest BCUT2D eigenvalue weighted by Gasteiger charge is -2.39. The number of aromatic nitrogens is 2. The number of para-hydroxylation sites is 1. The number of nitrogens with one attached hydrogen (secondary N) is 1. The largest absolute Gasteiger partial charge is 0.351 e. The van der Waals surface area contributed by atoms with Crippen molar-refractivity contribution < 1.29 is 4.79 Å². The molecule has 1 N–H and O–H groups in total. The molecule has 1 amide bonds. The molecule has 0 saturated heterocycles. The van der Waals surface area contributed by atoms with Gasteiger partial charge in [-0.25, -0.2) is 4.98 Å². The molecule has 2 bridgehead atoms. The zero-order chi connectivity index (χ0) is 17.8. The van der Waals surface area contributed by atoms with Crippen molar-refractivity contribution in [2.75, 3.05) is 0 Å². The Labute approximate surface area is 147 Å². The first kappa shape index (κ1) is 16.3. The highest BCUT2D eigenvalue weighted by atomic mass is 16.2. The molecule has 3 unspecified atom stereocenters. The Bertz CT molecular complexity index is 901. The molecule has 2 aliphatic rings. The molecule has 1 aromatic heterocycles. The predicted octanol–water partition coefficient (Wildman–Crippen LogP) is 2.73. The third-order valence-corrected chi connectivity index (χ3v) is 7.17. The minimum absolute atomic E-state index is 0.0222. The van der Waals surface area contributed by atoms with Gasteiger partial charge in [0.15, 0.2) is 0 Å². The highest BCUT2D eigenvalue weighted by Gasteiger charge is 2.61. The van der Waals surface area contributed by atoms with E-state index in [9.17, 15) is 9.59 Å². The molecule has 3 atom stereocenters. The standard InChI is InChI=1S/C20H25N3O2/c1-19(2)13-8-9-20(19,3)16(10-13)22-17(24)11-23-12-21-15-7-5-4-6-14(15)18(23)25/h4-7,12-13,16H,8-11H2,1-3H3,(H,22,24). The van der Waals surface area contributed by atoms with Crippen LogP contribution in [-0.2, 0) is 11.3 Å². The number of rotatable bonds is 3. The van der Waals surface area contributed by atoms with E-state index < -0.39 is 0 Å². The number of hydrogen-bond donors (Lipinski definition) is 1. The molecule has 2 aromatic rings. The maximum absolute atomic E-state index is 12.6. The minimum atomic E-state index is -0.166. The lowest BCUT2D eigenvalue weighted by atomic mass is 9.69. The van der Waals surface area contributed by atoms with Crippen molar-refractivity contribution in [2.24, 2.45) is 16.7 Å². The van der Waals surface area contributed by atoms with Crippen molar-refractivity contribution in [3.8, 4) is 0 Å². The second-order valence-corrected chi connectivity index (χ2v) is 8.43. The van der Waals surface area contributed by atoms with Gasteiger partial charge in [-0.1, -0.05) is 32.9 Å². The van der Waals surface area contributed by atoms with Crippen molar-refractivity contribution in [3.63, 3.8) is 0 Å². The van der Waals surface area contributed by atoms with Crippen LogP contribution in [0, 0.1) is 16.7 Å². The first-order chi connectivity index (χ1) is 11.8. The fourth-order valence-corrected chi connectivity index (χ4v) is 5.04. The van der Waals surface area contributed by atoms with E-state index >= 15 is 0 Å². The van der Waals surface area contributed by atoms with E-state index in [0.717, 1.165) is 12.8 Å². The van der Waals surface area contributed by atoms with Crippen molar-refractivity contribution in [3.05, 3.63) is 40.9 Å². The average molecular weight is 339 g/mol. The van der Waals surface area contributed by atoms with E-state index in [0.29, 0.717) is 16.8 Å². The van der Waals surface area contributed by atoms with Gasteiger partial charge >= 0.3 is 0 Å². The molecule has 4 rings (SSSR count). The molecule has 5 nitrogen and oxygen atoms in total. The highest BCUT2D eigenvalue weighted by molar-refractivity contribution is 5.79. The van der Waals surface area contributed by atoms with Crippen LogP contribution in [-0.4, -0.2) is 21.5 Å². The van der Waals surface area contributed by atoms with Gasteiger partial charge in [-0.2, -0.15) is 0 Å². The maximum Gasteiger partial charge on any atom is 0.261 e. The molecule has 25 heavy (non-hydrogen) atoms. The highest BCUT2D eigenvalue weighted by Crippen LogP contribution is 2.65. The Morgan fingerprint density at radius 1 is 1.32 bits per heavy atom. The van der Waals surface area contributed by atoms with Crippen molar-refractivity contribution in [2.45, 2.75) is 52.6 Å². The van der Waals surface area contributed by atoms with Gasteiger partial charge in [-0.15, -0.1) is 0 Å². The molecule has 0 radical (unpaired) electrons. The molecule has 2 aliphatic carbocycles. The monoisotopic (exact) mass is 339 g/mol. The van der Waals surface area contributed by atoms with Gasteiger partial charge < -0.3 is 5.32 Å². The molecule has 0 spiro atoms. The van der Waals surface area contributed by atoms with Crippen molar-refractivity contribution >= 4 is 16.8 Å². The second kappa shape index (κ2) is 5.41. The smallest absolute Gasteiger partial charge is 0.261 e. The fraction of sp³-hybridized carbons (Fsp3) is 0.550. The lowest BCUT2D eigenvalue weighted by Crippen LogP contribution is -2.48. The lowest BCUT2D eigenvalue weighted by molar-refractivity contribution is -0.123. The summed E-state index contributed by atoms with van der Waals surface area (Å²) in [5.41, 5.74) is 0.887.